The topological polar surface area (TPSA) is 15.3 Å². The first-order valence-electron chi connectivity index (χ1n) is 8.43. The van der Waals surface area contributed by atoms with Gasteiger partial charge in [0.2, 0.25) is 0 Å². The Balaban J connectivity index is 1.67. The van der Waals surface area contributed by atoms with Crippen molar-refractivity contribution in [3.63, 3.8) is 0 Å². The van der Waals surface area contributed by atoms with Crippen molar-refractivity contribution in [3.8, 4) is 0 Å². The molecule has 3 heteroatoms. The second-order valence-electron chi connectivity index (χ2n) is 7.12. The Morgan fingerprint density at radius 1 is 1.05 bits per heavy atom. The number of nitrogens with zero attached hydrogens (tertiary/aromatic N) is 1. The average molecular weight is 290 g/mol. The van der Waals surface area contributed by atoms with Crippen molar-refractivity contribution in [1.29, 1.82) is 0 Å². The van der Waals surface area contributed by atoms with Crippen LogP contribution in [0, 0.1) is 17.7 Å². The zero-order valence-electron chi connectivity index (χ0n) is 13.2. The Morgan fingerprint density at radius 2 is 1.71 bits per heavy atom. The fourth-order valence-corrected chi connectivity index (χ4v) is 4.11. The molecule has 2 fully saturated rings. The summed E-state index contributed by atoms with van der Waals surface area (Å²) < 4.78 is 14.3. The maximum absolute atomic E-state index is 14.3. The summed E-state index contributed by atoms with van der Waals surface area (Å²) in [5, 5.41) is 3.54. The average Bonchev–Trinajstić information content (AvgIpc) is 2.91. The van der Waals surface area contributed by atoms with Crippen LogP contribution in [0.3, 0.4) is 0 Å². The SMILES string of the molecule is CC1CC(C)CC(Nc2ccc(N3CCCC3)c(F)c2)C1. The first-order chi connectivity index (χ1) is 10.1. The van der Waals surface area contributed by atoms with Gasteiger partial charge in [0.1, 0.15) is 5.82 Å². The molecule has 1 N–H and O–H groups in total. The van der Waals surface area contributed by atoms with E-state index in [4.69, 9.17) is 0 Å². The van der Waals surface area contributed by atoms with Crippen LogP contribution >= 0.6 is 0 Å². The van der Waals surface area contributed by atoms with E-state index in [-0.39, 0.29) is 5.82 Å². The van der Waals surface area contributed by atoms with E-state index in [1.807, 2.05) is 12.1 Å². The summed E-state index contributed by atoms with van der Waals surface area (Å²) in [7, 11) is 0. The van der Waals surface area contributed by atoms with Gasteiger partial charge in [0, 0.05) is 24.8 Å². The van der Waals surface area contributed by atoms with Crippen LogP contribution in [0.2, 0.25) is 0 Å². The molecule has 1 aromatic carbocycles. The van der Waals surface area contributed by atoms with Crippen LogP contribution in [-0.4, -0.2) is 19.1 Å². The van der Waals surface area contributed by atoms with Gasteiger partial charge in [-0.15, -0.1) is 0 Å². The lowest BCUT2D eigenvalue weighted by molar-refractivity contribution is 0.281. The Morgan fingerprint density at radius 3 is 2.33 bits per heavy atom. The minimum absolute atomic E-state index is 0.0844. The van der Waals surface area contributed by atoms with Gasteiger partial charge in [-0.3, -0.25) is 0 Å². The fourth-order valence-electron chi connectivity index (χ4n) is 4.11. The van der Waals surface area contributed by atoms with Crippen molar-refractivity contribution in [2.45, 2.75) is 52.0 Å². The predicted molar refractivity (Wildman–Crippen MR) is 87.4 cm³/mol. The number of nitrogens with one attached hydrogen (secondary N) is 1. The summed E-state index contributed by atoms with van der Waals surface area (Å²) in [5.74, 6) is 1.44. The predicted octanol–water partition coefficient (Wildman–Crippen LogP) is 4.66. The van der Waals surface area contributed by atoms with Gasteiger partial charge in [0.05, 0.1) is 5.69 Å². The van der Waals surface area contributed by atoms with E-state index >= 15 is 0 Å². The number of anilines is 2. The molecule has 3 rings (SSSR count). The molecule has 116 valence electrons. The Kier molecular flexibility index (Phi) is 4.37. The molecular formula is C18H27FN2. The lowest BCUT2D eigenvalue weighted by Gasteiger charge is -2.32. The molecule has 21 heavy (non-hydrogen) atoms. The zero-order valence-corrected chi connectivity index (χ0v) is 13.2. The van der Waals surface area contributed by atoms with Crippen molar-refractivity contribution < 1.29 is 4.39 Å². The number of benzene rings is 1. The van der Waals surface area contributed by atoms with E-state index in [0.29, 0.717) is 6.04 Å². The number of hydrogen-bond donors (Lipinski definition) is 1. The molecule has 2 nitrogen and oxygen atoms in total. The standard InChI is InChI=1S/C18H27FN2/c1-13-9-14(2)11-16(10-13)20-15-5-6-18(17(19)12-15)21-7-3-4-8-21/h5-6,12-14,16,20H,3-4,7-11H2,1-2H3. The van der Waals surface area contributed by atoms with Gasteiger partial charge in [0.15, 0.2) is 0 Å². The van der Waals surface area contributed by atoms with E-state index < -0.39 is 0 Å². The smallest absolute Gasteiger partial charge is 0.148 e. The monoisotopic (exact) mass is 290 g/mol. The molecule has 1 heterocycles. The second kappa shape index (κ2) is 6.25. The first kappa shape index (κ1) is 14.7. The highest BCUT2D eigenvalue weighted by Gasteiger charge is 2.24. The van der Waals surface area contributed by atoms with Crippen molar-refractivity contribution in [2.75, 3.05) is 23.3 Å². The van der Waals surface area contributed by atoms with E-state index in [9.17, 15) is 4.39 Å². The molecular weight excluding hydrogens is 263 g/mol. The molecule has 2 atom stereocenters. The second-order valence-corrected chi connectivity index (χ2v) is 7.12. The Hall–Kier alpha value is -1.25. The summed E-state index contributed by atoms with van der Waals surface area (Å²) in [6.07, 6.45) is 6.06. The maximum Gasteiger partial charge on any atom is 0.148 e. The molecule has 0 aromatic heterocycles. The van der Waals surface area contributed by atoms with E-state index in [1.54, 1.807) is 6.07 Å². The third-order valence-electron chi connectivity index (χ3n) is 4.94. The van der Waals surface area contributed by atoms with Crippen LogP contribution in [0.5, 0.6) is 0 Å². The molecule has 1 saturated carbocycles. The largest absolute Gasteiger partial charge is 0.382 e. The van der Waals surface area contributed by atoms with Crippen LogP contribution in [0.4, 0.5) is 15.8 Å². The van der Waals surface area contributed by atoms with E-state index in [1.165, 1.54) is 32.1 Å². The molecule has 0 bridgehead atoms. The molecule has 1 aliphatic heterocycles. The molecule has 0 spiro atoms. The maximum atomic E-state index is 14.3. The van der Waals surface area contributed by atoms with Crippen LogP contribution in [0.15, 0.2) is 18.2 Å². The molecule has 1 saturated heterocycles. The molecule has 2 unspecified atom stereocenters. The molecule has 2 aliphatic rings. The zero-order chi connectivity index (χ0) is 14.8. The van der Waals surface area contributed by atoms with Gasteiger partial charge in [-0.05, 0) is 62.1 Å². The molecule has 0 radical (unpaired) electrons. The minimum Gasteiger partial charge on any atom is -0.382 e. The van der Waals surface area contributed by atoms with Gasteiger partial charge in [-0.2, -0.15) is 0 Å². The van der Waals surface area contributed by atoms with Crippen molar-refractivity contribution in [2.24, 2.45) is 11.8 Å². The molecule has 1 aromatic rings. The van der Waals surface area contributed by atoms with Gasteiger partial charge >= 0.3 is 0 Å². The highest BCUT2D eigenvalue weighted by atomic mass is 19.1. The Bertz CT molecular complexity index is 472. The van der Waals surface area contributed by atoms with Gasteiger partial charge in [-0.1, -0.05) is 13.8 Å². The van der Waals surface area contributed by atoms with Crippen LogP contribution in [0.25, 0.3) is 0 Å². The highest BCUT2D eigenvalue weighted by molar-refractivity contribution is 5.57. The lowest BCUT2D eigenvalue weighted by Crippen LogP contribution is -2.30. The summed E-state index contributed by atoms with van der Waals surface area (Å²) >= 11 is 0. The fraction of sp³-hybridized carbons (Fsp3) is 0.667. The van der Waals surface area contributed by atoms with Crippen molar-refractivity contribution in [3.05, 3.63) is 24.0 Å². The highest BCUT2D eigenvalue weighted by Crippen LogP contribution is 2.32. The first-order valence-corrected chi connectivity index (χ1v) is 8.43. The summed E-state index contributed by atoms with van der Waals surface area (Å²) in [5.41, 5.74) is 1.70. The number of hydrogen-bond acceptors (Lipinski definition) is 2. The van der Waals surface area contributed by atoms with Crippen LogP contribution in [-0.2, 0) is 0 Å². The van der Waals surface area contributed by atoms with Crippen molar-refractivity contribution >= 4 is 11.4 Å². The number of rotatable bonds is 3. The van der Waals surface area contributed by atoms with E-state index in [2.05, 4.69) is 24.1 Å². The lowest BCUT2D eigenvalue weighted by atomic mass is 9.80. The summed E-state index contributed by atoms with van der Waals surface area (Å²) in [6.45, 7) is 6.62. The third kappa shape index (κ3) is 3.50. The third-order valence-corrected chi connectivity index (χ3v) is 4.94. The summed E-state index contributed by atoms with van der Waals surface area (Å²) in [6, 6.07) is 6.15. The van der Waals surface area contributed by atoms with Gasteiger partial charge in [0.25, 0.3) is 0 Å². The normalized spacial score (nSPS) is 29.7. The van der Waals surface area contributed by atoms with Gasteiger partial charge < -0.3 is 10.2 Å². The van der Waals surface area contributed by atoms with Crippen LogP contribution in [0.1, 0.15) is 46.0 Å². The van der Waals surface area contributed by atoms with E-state index in [0.717, 1.165) is 36.3 Å². The minimum atomic E-state index is -0.0844. The van der Waals surface area contributed by atoms with Crippen LogP contribution < -0.4 is 10.2 Å². The number of halogens is 1. The molecule has 0 amide bonds. The quantitative estimate of drug-likeness (QED) is 0.870. The molecule has 1 aliphatic carbocycles. The summed E-state index contributed by atoms with van der Waals surface area (Å²) in [4.78, 5) is 2.16. The van der Waals surface area contributed by atoms with Crippen molar-refractivity contribution in [1.82, 2.24) is 0 Å². The Labute approximate surface area is 127 Å². The van der Waals surface area contributed by atoms with Gasteiger partial charge in [-0.25, -0.2) is 4.39 Å².